The van der Waals surface area contributed by atoms with Crippen LogP contribution in [0.25, 0.3) is 0 Å². The second-order valence-corrected chi connectivity index (χ2v) is 13.1. The summed E-state index contributed by atoms with van der Waals surface area (Å²) < 4.78 is 0. The number of likely N-dealkylation sites (N-methyl/N-ethyl adjacent to an activating group) is 3. The zero-order valence-corrected chi connectivity index (χ0v) is 30.4. The number of amides is 5. The minimum absolute atomic E-state index is 0.157. The van der Waals surface area contributed by atoms with Gasteiger partial charge >= 0.3 is 0 Å². The number of aryl methyl sites for hydroxylation is 1. The molecule has 0 unspecified atom stereocenters. The number of nitrogens with two attached hydrogens (primary N) is 1. The molecule has 10 nitrogen and oxygen atoms in total. The summed E-state index contributed by atoms with van der Waals surface area (Å²) in [5.41, 5.74) is 9.32. The van der Waals surface area contributed by atoms with Gasteiger partial charge in [-0.15, -0.1) is 0 Å². The van der Waals surface area contributed by atoms with Gasteiger partial charge in [0.25, 0.3) is 0 Å². The molecule has 0 fully saturated rings. The van der Waals surface area contributed by atoms with Crippen LogP contribution in [0, 0.1) is 0 Å². The SMILES string of the molecule is CC(=O)N[C@@H](CCc1ccccc1)C(=O)N(C)[C@@H](Cc1ccccc1)C(=O)N(C)[C@@H](Cc1ccccc1)C(=O)N(C)[C@@H](Cc1ccccc1)C(N)=O. The highest BCUT2D eigenvalue weighted by molar-refractivity contribution is 5.95. The van der Waals surface area contributed by atoms with E-state index in [0.717, 1.165) is 22.3 Å². The van der Waals surface area contributed by atoms with E-state index in [1.165, 1.54) is 28.7 Å². The molecule has 0 saturated carbocycles. The number of hydrogen-bond acceptors (Lipinski definition) is 5. The van der Waals surface area contributed by atoms with E-state index in [-0.39, 0.29) is 25.2 Å². The lowest BCUT2D eigenvalue weighted by molar-refractivity contribution is -0.152. The van der Waals surface area contributed by atoms with Crippen molar-refractivity contribution in [1.82, 2.24) is 20.0 Å². The van der Waals surface area contributed by atoms with Crippen molar-refractivity contribution < 1.29 is 24.0 Å². The number of hydrogen-bond donors (Lipinski definition) is 2. The second kappa shape index (κ2) is 19.0. The van der Waals surface area contributed by atoms with E-state index in [9.17, 15) is 24.0 Å². The van der Waals surface area contributed by atoms with Crippen LogP contribution in [-0.4, -0.2) is 89.5 Å². The minimum atomic E-state index is -1.04. The van der Waals surface area contributed by atoms with Crippen LogP contribution in [0.5, 0.6) is 0 Å². The second-order valence-electron chi connectivity index (χ2n) is 13.1. The van der Waals surface area contributed by atoms with Crippen LogP contribution in [0.2, 0.25) is 0 Å². The van der Waals surface area contributed by atoms with Gasteiger partial charge in [-0.1, -0.05) is 121 Å². The molecule has 52 heavy (non-hydrogen) atoms. The maximum Gasteiger partial charge on any atom is 0.246 e. The third-order valence-corrected chi connectivity index (χ3v) is 9.40. The molecule has 4 aromatic carbocycles. The smallest absolute Gasteiger partial charge is 0.246 e. The first-order valence-corrected chi connectivity index (χ1v) is 17.5. The van der Waals surface area contributed by atoms with Crippen LogP contribution in [-0.2, 0) is 49.7 Å². The Labute approximate surface area is 306 Å². The quantitative estimate of drug-likeness (QED) is 0.173. The fourth-order valence-corrected chi connectivity index (χ4v) is 6.36. The van der Waals surface area contributed by atoms with Crippen molar-refractivity contribution in [3.05, 3.63) is 144 Å². The predicted molar refractivity (Wildman–Crippen MR) is 202 cm³/mol. The van der Waals surface area contributed by atoms with Crippen LogP contribution >= 0.6 is 0 Å². The summed E-state index contributed by atoms with van der Waals surface area (Å²) >= 11 is 0. The molecule has 10 heteroatoms. The summed E-state index contributed by atoms with van der Waals surface area (Å²) in [6.07, 6.45) is 1.38. The molecule has 5 amide bonds. The van der Waals surface area contributed by atoms with Gasteiger partial charge in [-0.25, -0.2) is 0 Å². The van der Waals surface area contributed by atoms with E-state index in [2.05, 4.69) is 5.32 Å². The van der Waals surface area contributed by atoms with Gasteiger partial charge in [0.2, 0.25) is 29.5 Å². The van der Waals surface area contributed by atoms with Gasteiger partial charge in [0.1, 0.15) is 24.2 Å². The fraction of sp³-hybridized carbons (Fsp3) is 0.310. The lowest BCUT2D eigenvalue weighted by atomic mass is 9.98. The Morgan fingerprint density at radius 2 is 0.846 bits per heavy atom. The van der Waals surface area contributed by atoms with Gasteiger partial charge < -0.3 is 25.8 Å². The molecule has 0 bridgehead atoms. The van der Waals surface area contributed by atoms with Crippen LogP contribution in [0.3, 0.4) is 0 Å². The topological polar surface area (TPSA) is 133 Å². The molecule has 0 aliphatic rings. The number of primary amides is 1. The summed E-state index contributed by atoms with van der Waals surface area (Å²) in [6, 6.07) is 33.7. The first-order valence-electron chi connectivity index (χ1n) is 17.5. The lowest BCUT2D eigenvalue weighted by Crippen LogP contribution is -2.60. The van der Waals surface area contributed by atoms with Crippen LogP contribution in [0.4, 0.5) is 0 Å². The Hall–Kier alpha value is -5.77. The highest BCUT2D eigenvalue weighted by atomic mass is 16.2. The number of nitrogens with one attached hydrogen (secondary N) is 1. The Morgan fingerprint density at radius 1 is 0.519 bits per heavy atom. The summed E-state index contributed by atoms with van der Waals surface area (Å²) in [4.78, 5) is 72.6. The summed E-state index contributed by atoms with van der Waals surface area (Å²) in [5, 5.41) is 2.79. The number of carbonyl (C=O) groups is 5. The Bertz CT molecular complexity index is 1770. The third-order valence-electron chi connectivity index (χ3n) is 9.40. The molecule has 272 valence electrons. The van der Waals surface area contributed by atoms with Crippen LogP contribution < -0.4 is 11.1 Å². The van der Waals surface area contributed by atoms with Crippen molar-refractivity contribution in [1.29, 1.82) is 0 Å². The van der Waals surface area contributed by atoms with Gasteiger partial charge in [-0.2, -0.15) is 0 Å². The zero-order chi connectivity index (χ0) is 37.6. The normalized spacial score (nSPS) is 13.2. The molecule has 4 rings (SSSR count). The van der Waals surface area contributed by atoms with Crippen LogP contribution in [0.1, 0.15) is 35.6 Å². The molecule has 0 spiro atoms. The fourth-order valence-electron chi connectivity index (χ4n) is 6.36. The molecule has 0 aromatic heterocycles. The van der Waals surface area contributed by atoms with Gasteiger partial charge in [-0.05, 0) is 35.1 Å². The van der Waals surface area contributed by atoms with Gasteiger partial charge in [0.15, 0.2) is 0 Å². The zero-order valence-electron chi connectivity index (χ0n) is 30.4. The molecule has 4 atom stereocenters. The highest BCUT2D eigenvalue weighted by Gasteiger charge is 2.39. The molecule has 0 saturated heterocycles. The van der Waals surface area contributed by atoms with Gasteiger partial charge in [0.05, 0.1) is 0 Å². The molecule has 4 aromatic rings. The first kappa shape index (κ1) is 39.0. The molecule has 0 aliphatic heterocycles. The predicted octanol–water partition coefficient (Wildman–Crippen LogP) is 3.82. The molecule has 0 radical (unpaired) electrons. The summed E-state index contributed by atoms with van der Waals surface area (Å²) in [6.45, 7) is 1.36. The third kappa shape index (κ3) is 10.9. The maximum absolute atomic E-state index is 14.8. The first-order chi connectivity index (χ1) is 25.0. The van der Waals surface area contributed by atoms with Crippen molar-refractivity contribution in [2.45, 2.75) is 63.2 Å². The Balaban J connectivity index is 1.68. The average molecular weight is 704 g/mol. The van der Waals surface area contributed by atoms with E-state index in [1.54, 1.807) is 14.1 Å². The number of benzene rings is 4. The number of rotatable bonds is 17. The van der Waals surface area contributed by atoms with Gasteiger partial charge in [-0.3, -0.25) is 24.0 Å². The molecular formula is C42H49N5O5. The van der Waals surface area contributed by atoms with E-state index in [0.29, 0.717) is 12.8 Å². The monoisotopic (exact) mass is 703 g/mol. The number of nitrogens with zero attached hydrogens (tertiary/aromatic N) is 3. The molecule has 0 heterocycles. The maximum atomic E-state index is 14.8. The van der Waals surface area contributed by atoms with Crippen molar-refractivity contribution in [2.24, 2.45) is 5.73 Å². The minimum Gasteiger partial charge on any atom is -0.368 e. The summed E-state index contributed by atoms with van der Waals surface area (Å²) in [7, 11) is 4.64. The van der Waals surface area contributed by atoms with Crippen molar-refractivity contribution >= 4 is 29.5 Å². The van der Waals surface area contributed by atoms with Crippen LogP contribution in [0.15, 0.2) is 121 Å². The van der Waals surface area contributed by atoms with Crippen molar-refractivity contribution in [3.63, 3.8) is 0 Å². The standard InChI is InChI=1S/C42H49N5O5/c1-30(48)44-35(26-25-31-17-9-5-10-18-31)40(50)46(3)37(28-33-21-13-7-14-22-33)42(52)47(4)38(29-34-23-15-8-16-24-34)41(51)45(2)36(39(43)49)27-32-19-11-6-12-20-32/h5-24,35-38H,25-29H2,1-4H3,(H2,43,49)(H,44,48)/t35-,36-,37-,38-/m0/s1. The van der Waals surface area contributed by atoms with E-state index < -0.39 is 47.8 Å². The van der Waals surface area contributed by atoms with E-state index in [1.807, 2.05) is 121 Å². The molecule has 3 N–H and O–H groups in total. The molecule has 0 aliphatic carbocycles. The highest BCUT2D eigenvalue weighted by Crippen LogP contribution is 2.20. The average Bonchev–Trinajstić information content (AvgIpc) is 3.16. The van der Waals surface area contributed by atoms with E-state index >= 15 is 0 Å². The Morgan fingerprint density at radius 3 is 1.21 bits per heavy atom. The largest absolute Gasteiger partial charge is 0.368 e. The Kier molecular flexibility index (Phi) is 14.3. The van der Waals surface area contributed by atoms with Gasteiger partial charge in [0, 0.05) is 47.3 Å². The molecular weight excluding hydrogens is 654 g/mol. The van der Waals surface area contributed by atoms with Crippen molar-refractivity contribution in [3.8, 4) is 0 Å². The summed E-state index contributed by atoms with van der Waals surface area (Å²) in [5.74, 6) is -2.39. The van der Waals surface area contributed by atoms with E-state index in [4.69, 9.17) is 5.73 Å². The number of carbonyl (C=O) groups excluding carboxylic acids is 5. The van der Waals surface area contributed by atoms with Crippen molar-refractivity contribution in [2.75, 3.05) is 21.1 Å². The lowest BCUT2D eigenvalue weighted by Gasteiger charge is -2.38.